The van der Waals surface area contributed by atoms with Gasteiger partial charge in [-0.1, -0.05) is 35.0 Å². The minimum Gasteiger partial charge on any atom is -0.435 e. The van der Waals surface area contributed by atoms with Gasteiger partial charge in [-0.25, -0.2) is 31.7 Å². The number of hydrogen-bond donors (Lipinski definition) is 2. The molecule has 0 saturated heterocycles. The summed E-state index contributed by atoms with van der Waals surface area (Å²) >= 11 is 0. The van der Waals surface area contributed by atoms with E-state index in [-0.39, 0.29) is 28.5 Å². The van der Waals surface area contributed by atoms with Gasteiger partial charge in [0.15, 0.2) is 17.6 Å². The number of carbonyl (C=O) groups excluding carboxylic acids is 1. The normalized spacial score (nSPS) is 12.5. The number of rotatable bonds is 7. The van der Waals surface area contributed by atoms with Crippen molar-refractivity contribution in [2.45, 2.75) is 26.4 Å². The molecule has 0 spiro atoms. The first-order valence-electron chi connectivity index (χ1n) is 9.62. The molecule has 0 radical (unpaired) electrons. The summed E-state index contributed by atoms with van der Waals surface area (Å²) < 4.78 is 58.7. The monoisotopic (exact) mass is 480 g/mol. The third-order valence-corrected chi connectivity index (χ3v) is 5.10. The van der Waals surface area contributed by atoms with Gasteiger partial charge in [0, 0.05) is 7.05 Å². The van der Waals surface area contributed by atoms with Crippen LogP contribution in [0.2, 0.25) is 0 Å². The molecular formula is C20H22F2N6O4S. The van der Waals surface area contributed by atoms with Crippen LogP contribution in [-0.2, 0) is 21.8 Å². The number of halogens is 2. The van der Waals surface area contributed by atoms with Crippen molar-refractivity contribution in [3.8, 4) is 11.4 Å². The van der Waals surface area contributed by atoms with Crippen molar-refractivity contribution in [1.82, 2.24) is 20.0 Å². The molecule has 0 unspecified atom stereocenters. The minimum atomic E-state index is -3.50. The molecule has 13 heteroatoms. The maximum absolute atomic E-state index is 13.6. The summed E-state index contributed by atoms with van der Waals surface area (Å²) in [6, 6.07) is 9.27. The number of sulfonamides is 1. The molecule has 0 fully saturated rings. The summed E-state index contributed by atoms with van der Waals surface area (Å²) in [6.45, 7) is 3.33. The van der Waals surface area contributed by atoms with E-state index in [2.05, 4.69) is 25.3 Å². The number of carbonyl (C=O) groups is 1. The maximum atomic E-state index is 13.6. The fourth-order valence-corrected chi connectivity index (χ4v) is 3.64. The largest absolute Gasteiger partial charge is 0.435 e. The Labute approximate surface area is 189 Å². The SMILES string of the molecule is Cc1cccc([C@H](OC(=O)Nc2c(-c3ccc(NS(C)(=O)=O)c(C)n3)nnn2C)C(F)F)c1. The van der Waals surface area contributed by atoms with E-state index in [1.54, 1.807) is 26.0 Å². The molecule has 10 nitrogen and oxygen atoms in total. The topological polar surface area (TPSA) is 128 Å². The highest BCUT2D eigenvalue weighted by molar-refractivity contribution is 7.92. The van der Waals surface area contributed by atoms with Crippen molar-refractivity contribution in [1.29, 1.82) is 0 Å². The fourth-order valence-electron chi connectivity index (χ4n) is 3.02. The molecule has 1 aromatic carbocycles. The van der Waals surface area contributed by atoms with Crippen molar-refractivity contribution in [3.05, 3.63) is 53.2 Å². The number of anilines is 2. The Bertz CT molecular complexity index is 1280. The minimum absolute atomic E-state index is 0.0629. The number of aromatic nitrogens is 4. The zero-order chi connectivity index (χ0) is 24.3. The number of amides is 1. The fraction of sp³-hybridized carbons (Fsp3) is 0.300. The average molecular weight is 480 g/mol. The first kappa shape index (κ1) is 24.0. The van der Waals surface area contributed by atoms with Crippen LogP contribution in [0.15, 0.2) is 36.4 Å². The molecule has 3 rings (SSSR count). The Kier molecular flexibility index (Phi) is 6.91. The molecule has 0 aliphatic carbocycles. The number of benzene rings is 1. The van der Waals surface area contributed by atoms with E-state index in [1.807, 2.05) is 0 Å². The van der Waals surface area contributed by atoms with Gasteiger partial charge in [-0.2, -0.15) is 0 Å². The maximum Gasteiger partial charge on any atom is 0.413 e. The summed E-state index contributed by atoms with van der Waals surface area (Å²) in [6.07, 6.45) is -4.82. The predicted octanol–water partition coefficient (Wildman–Crippen LogP) is 3.42. The molecule has 0 saturated carbocycles. The van der Waals surface area contributed by atoms with Crippen molar-refractivity contribution in [3.63, 3.8) is 0 Å². The number of pyridine rings is 1. The zero-order valence-corrected chi connectivity index (χ0v) is 19.0. The van der Waals surface area contributed by atoms with Gasteiger partial charge in [0.05, 0.1) is 23.3 Å². The third-order valence-electron chi connectivity index (χ3n) is 4.50. The second-order valence-corrected chi connectivity index (χ2v) is 9.06. The van der Waals surface area contributed by atoms with E-state index in [1.165, 1.54) is 36.0 Å². The Morgan fingerprint density at radius 2 is 1.91 bits per heavy atom. The standard InChI is InChI=1S/C20H22F2N6O4S/c1-11-6-5-7-13(10-11)17(18(21)22)32-20(29)24-19-16(25-27-28(19)3)15-9-8-14(12(2)23-15)26-33(4,30)31/h5-10,17-18,26H,1-4H3,(H,24,29)/t17-/m0/s1. The van der Waals surface area contributed by atoms with Gasteiger partial charge >= 0.3 is 6.09 Å². The number of hydrogen-bond acceptors (Lipinski definition) is 7. The Balaban J connectivity index is 1.84. The molecule has 0 bridgehead atoms. The molecule has 3 aromatic rings. The summed E-state index contributed by atoms with van der Waals surface area (Å²) in [5.41, 5.74) is 1.96. The summed E-state index contributed by atoms with van der Waals surface area (Å²) in [5, 5.41) is 10.2. The molecule has 1 amide bonds. The average Bonchev–Trinajstić information content (AvgIpc) is 3.07. The van der Waals surface area contributed by atoms with Crippen LogP contribution in [0.25, 0.3) is 11.4 Å². The molecule has 0 aliphatic rings. The molecule has 2 aromatic heterocycles. The van der Waals surface area contributed by atoms with Crippen molar-refractivity contribution >= 4 is 27.6 Å². The molecule has 2 N–H and O–H groups in total. The predicted molar refractivity (Wildman–Crippen MR) is 117 cm³/mol. The molecule has 33 heavy (non-hydrogen) atoms. The second-order valence-electron chi connectivity index (χ2n) is 7.31. The van der Waals surface area contributed by atoms with Crippen LogP contribution in [0.3, 0.4) is 0 Å². The first-order chi connectivity index (χ1) is 15.4. The molecule has 2 heterocycles. The number of ether oxygens (including phenoxy) is 1. The van der Waals surface area contributed by atoms with Crippen LogP contribution in [0, 0.1) is 13.8 Å². The van der Waals surface area contributed by atoms with Crippen LogP contribution in [0.5, 0.6) is 0 Å². The lowest BCUT2D eigenvalue weighted by Crippen LogP contribution is -2.23. The summed E-state index contributed by atoms with van der Waals surface area (Å²) in [4.78, 5) is 16.8. The van der Waals surface area contributed by atoms with E-state index in [9.17, 15) is 22.0 Å². The lowest BCUT2D eigenvalue weighted by Gasteiger charge is -2.18. The van der Waals surface area contributed by atoms with E-state index >= 15 is 0 Å². The van der Waals surface area contributed by atoms with Crippen LogP contribution >= 0.6 is 0 Å². The third kappa shape index (κ3) is 6.00. The first-order valence-corrected chi connectivity index (χ1v) is 11.5. The lowest BCUT2D eigenvalue weighted by molar-refractivity contribution is -0.0143. The van der Waals surface area contributed by atoms with Crippen LogP contribution in [0.4, 0.5) is 25.1 Å². The smallest absolute Gasteiger partial charge is 0.413 e. The number of alkyl halides is 2. The van der Waals surface area contributed by atoms with E-state index in [4.69, 9.17) is 4.74 Å². The van der Waals surface area contributed by atoms with Gasteiger partial charge in [0.25, 0.3) is 6.43 Å². The second kappa shape index (κ2) is 9.48. The van der Waals surface area contributed by atoms with Crippen LogP contribution < -0.4 is 10.0 Å². The van der Waals surface area contributed by atoms with E-state index in [0.29, 0.717) is 5.69 Å². The van der Waals surface area contributed by atoms with Crippen LogP contribution in [0.1, 0.15) is 22.9 Å². The highest BCUT2D eigenvalue weighted by atomic mass is 32.2. The molecular weight excluding hydrogens is 458 g/mol. The van der Waals surface area contributed by atoms with E-state index in [0.717, 1.165) is 11.8 Å². The molecule has 176 valence electrons. The van der Waals surface area contributed by atoms with Gasteiger partial charge < -0.3 is 4.74 Å². The van der Waals surface area contributed by atoms with Crippen molar-refractivity contribution in [2.75, 3.05) is 16.3 Å². The van der Waals surface area contributed by atoms with Gasteiger partial charge in [0.2, 0.25) is 10.0 Å². The Hall–Kier alpha value is -3.61. The molecule has 1 atom stereocenters. The lowest BCUT2D eigenvalue weighted by atomic mass is 10.1. The number of aryl methyl sites for hydroxylation is 3. The van der Waals surface area contributed by atoms with Gasteiger partial charge in [-0.05, 0) is 31.5 Å². The van der Waals surface area contributed by atoms with Gasteiger partial charge in [-0.15, -0.1) is 5.10 Å². The number of nitrogens with one attached hydrogen (secondary N) is 2. The van der Waals surface area contributed by atoms with Crippen LogP contribution in [-0.4, -0.2) is 47.2 Å². The Morgan fingerprint density at radius 3 is 2.52 bits per heavy atom. The summed E-state index contributed by atoms with van der Waals surface area (Å²) in [5.74, 6) is 0.0629. The zero-order valence-electron chi connectivity index (χ0n) is 18.2. The Morgan fingerprint density at radius 1 is 1.18 bits per heavy atom. The molecule has 0 aliphatic heterocycles. The van der Waals surface area contributed by atoms with Crippen molar-refractivity contribution < 1.29 is 26.7 Å². The van der Waals surface area contributed by atoms with Crippen molar-refractivity contribution in [2.24, 2.45) is 7.05 Å². The van der Waals surface area contributed by atoms with Gasteiger partial charge in [0.1, 0.15) is 0 Å². The number of nitrogens with zero attached hydrogens (tertiary/aromatic N) is 4. The summed E-state index contributed by atoms with van der Waals surface area (Å²) in [7, 11) is -2.01. The van der Waals surface area contributed by atoms with Gasteiger partial charge in [-0.3, -0.25) is 10.0 Å². The van der Waals surface area contributed by atoms with E-state index < -0.39 is 28.6 Å². The highest BCUT2D eigenvalue weighted by Gasteiger charge is 2.28. The quantitative estimate of drug-likeness (QED) is 0.530. The highest BCUT2D eigenvalue weighted by Crippen LogP contribution is 2.29.